The molecule has 0 atom stereocenters. The fourth-order valence-corrected chi connectivity index (χ4v) is 3.06. The summed E-state index contributed by atoms with van der Waals surface area (Å²) >= 11 is 0. The van der Waals surface area contributed by atoms with Crippen LogP contribution in [0.1, 0.15) is 16.2 Å². The lowest BCUT2D eigenvalue weighted by molar-refractivity contribution is 0.102. The van der Waals surface area contributed by atoms with Gasteiger partial charge in [0.15, 0.2) is 18.1 Å². The van der Waals surface area contributed by atoms with E-state index in [1.54, 1.807) is 54.6 Å². The normalized spacial score (nSPS) is 10.5. The van der Waals surface area contributed by atoms with E-state index in [4.69, 9.17) is 18.6 Å². The first-order valence-electron chi connectivity index (χ1n) is 9.91. The molecule has 0 unspecified atom stereocenters. The zero-order valence-electron chi connectivity index (χ0n) is 17.9. The molecule has 0 radical (unpaired) electrons. The number of para-hydroxylation sites is 1. The molecule has 4 rings (SSSR count). The number of halogens is 1. The molecule has 168 valence electrons. The number of rotatable bonds is 8. The molecule has 33 heavy (non-hydrogen) atoms. The number of aromatic nitrogens is 2. The lowest BCUT2D eigenvalue weighted by Crippen LogP contribution is -2.13. The Bertz CT molecular complexity index is 1240. The van der Waals surface area contributed by atoms with Gasteiger partial charge in [0.25, 0.3) is 11.8 Å². The molecule has 0 spiro atoms. The number of nitrogens with zero attached hydrogens (tertiary/aromatic N) is 2. The second kappa shape index (κ2) is 9.82. The number of carbonyl (C=O) groups excluding carboxylic acids is 1. The van der Waals surface area contributed by atoms with Gasteiger partial charge in [-0.15, -0.1) is 10.2 Å². The van der Waals surface area contributed by atoms with Crippen molar-refractivity contribution in [1.82, 2.24) is 10.2 Å². The van der Waals surface area contributed by atoms with Gasteiger partial charge < -0.3 is 23.9 Å². The molecular formula is C24H20FN3O5. The van der Waals surface area contributed by atoms with Crippen LogP contribution in [0.4, 0.5) is 10.1 Å². The zero-order chi connectivity index (χ0) is 23.2. The van der Waals surface area contributed by atoms with E-state index in [9.17, 15) is 9.18 Å². The van der Waals surface area contributed by atoms with Gasteiger partial charge in [-0.2, -0.15) is 0 Å². The van der Waals surface area contributed by atoms with Crippen LogP contribution in [0.2, 0.25) is 0 Å². The van der Waals surface area contributed by atoms with Crippen molar-refractivity contribution < 1.29 is 27.8 Å². The molecule has 0 aliphatic heterocycles. The maximum Gasteiger partial charge on any atom is 0.259 e. The Labute approximate surface area is 188 Å². The van der Waals surface area contributed by atoms with E-state index in [1.165, 1.54) is 26.4 Å². The van der Waals surface area contributed by atoms with E-state index in [2.05, 4.69) is 15.5 Å². The smallest absolute Gasteiger partial charge is 0.259 e. The van der Waals surface area contributed by atoms with Crippen LogP contribution >= 0.6 is 0 Å². The molecule has 0 aliphatic carbocycles. The summed E-state index contributed by atoms with van der Waals surface area (Å²) in [6.45, 7) is 0.0565. The standard InChI is InChI=1S/C24H20FN3O5/c1-30-20-5-3-4-19(22(20)31-2)23(29)26-17-10-12-18(13-11-17)32-14-21-27-28-24(33-21)15-6-8-16(25)9-7-15/h3-13H,14H2,1-2H3,(H,26,29). The third-order valence-electron chi connectivity index (χ3n) is 4.68. The fraction of sp³-hybridized carbons (Fsp3) is 0.125. The van der Waals surface area contributed by atoms with Gasteiger partial charge in [0.2, 0.25) is 5.89 Å². The maximum absolute atomic E-state index is 13.0. The highest BCUT2D eigenvalue weighted by atomic mass is 19.1. The number of anilines is 1. The molecule has 0 saturated carbocycles. The summed E-state index contributed by atoms with van der Waals surface area (Å²) in [6.07, 6.45) is 0. The van der Waals surface area contributed by atoms with Crippen LogP contribution in [0.15, 0.2) is 71.1 Å². The summed E-state index contributed by atoms with van der Waals surface area (Å²) in [5.74, 6) is 1.25. The molecule has 8 nitrogen and oxygen atoms in total. The largest absolute Gasteiger partial charge is 0.493 e. The Hall–Kier alpha value is -4.40. The van der Waals surface area contributed by atoms with Gasteiger partial charge >= 0.3 is 0 Å². The SMILES string of the molecule is COc1cccc(C(=O)Nc2ccc(OCc3nnc(-c4ccc(F)cc4)o3)cc2)c1OC. The molecule has 1 aromatic heterocycles. The van der Waals surface area contributed by atoms with Crippen molar-refractivity contribution >= 4 is 11.6 Å². The minimum Gasteiger partial charge on any atom is -0.493 e. The number of hydrogen-bond acceptors (Lipinski definition) is 7. The maximum atomic E-state index is 13.0. The Morgan fingerprint density at radius 3 is 2.42 bits per heavy atom. The molecular weight excluding hydrogens is 429 g/mol. The van der Waals surface area contributed by atoms with Gasteiger partial charge in [-0.1, -0.05) is 6.07 Å². The lowest BCUT2D eigenvalue weighted by Gasteiger charge is -2.12. The third-order valence-corrected chi connectivity index (χ3v) is 4.68. The van der Waals surface area contributed by atoms with E-state index in [1.807, 2.05) is 0 Å². The van der Waals surface area contributed by atoms with E-state index >= 15 is 0 Å². The molecule has 3 aromatic carbocycles. The van der Waals surface area contributed by atoms with E-state index in [0.29, 0.717) is 34.1 Å². The van der Waals surface area contributed by atoms with E-state index in [-0.39, 0.29) is 30.1 Å². The number of amides is 1. The van der Waals surface area contributed by atoms with Crippen LogP contribution in [0.3, 0.4) is 0 Å². The third kappa shape index (κ3) is 5.09. The highest BCUT2D eigenvalue weighted by Gasteiger charge is 2.16. The molecule has 1 amide bonds. The topological polar surface area (TPSA) is 95.7 Å². The lowest BCUT2D eigenvalue weighted by atomic mass is 10.1. The van der Waals surface area contributed by atoms with Gasteiger partial charge in [0.05, 0.1) is 19.8 Å². The van der Waals surface area contributed by atoms with Crippen molar-refractivity contribution in [2.45, 2.75) is 6.61 Å². The first-order chi connectivity index (χ1) is 16.1. The molecule has 1 N–H and O–H groups in total. The van der Waals surface area contributed by atoms with Crippen molar-refractivity contribution in [2.24, 2.45) is 0 Å². The molecule has 0 aliphatic rings. The van der Waals surface area contributed by atoms with Crippen LogP contribution in [0.25, 0.3) is 11.5 Å². The highest BCUT2D eigenvalue weighted by Crippen LogP contribution is 2.31. The quantitative estimate of drug-likeness (QED) is 0.416. The fourth-order valence-electron chi connectivity index (χ4n) is 3.06. The Morgan fingerprint density at radius 2 is 1.73 bits per heavy atom. The Kier molecular flexibility index (Phi) is 6.49. The average Bonchev–Trinajstić information content (AvgIpc) is 3.32. The second-order valence-electron chi connectivity index (χ2n) is 6.82. The number of ether oxygens (including phenoxy) is 3. The highest BCUT2D eigenvalue weighted by molar-refractivity contribution is 6.06. The van der Waals surface area contributed by atoms with Gasteiger partial charge in [0.1, 0.15) is 11.6 Å². The van der Waals surface area contributed by atoms with Gasteiger partial charge in [-0.05, 0) is 60.7 Å². The summed E-state index contributed by atoms with van der Waals surface area (Å²) in [5.41, 5.74) is 1.54. The molecule has 0 saturated heterocycles. The molecule has 1 heterocycles. The van der Waals surface area contributed by atoms with Gasteiger partial charge in [-0.3, -0.25) is 4.79 Å². The van der Waals surface area contributed by atoms with Crippen LogP contribution in [-0.4, -0.2) is 30.3 Å². The molecule has 4 aromatic rings. The molecule has 0 bridgehead atoms. The van der Waals surface area contributed by atoms with Crippen LogP contribution in [0, 0.1) is 5.82 Å². The monoisotopic (exact) mass is 449 g/mol. The minimum absolute atomic E-state index is 0.0565. The van der Waals surface area contributed by atoms with E-state index in [0.717, 1.165) is 0 Å². The van der Waals surface area contributed by atoms with Crippen LogP contribution < -0.4 is 19.5 Å². The number of carbonyl (C=O) groups is 1. The molecule has 9 heteroatoms. The average molecular weight is 449 g/mol. The first kappa shape index (κ1) is 21.8. The van der Waals surface area contributed by atoms with Crippen LogP contribution in [-0.2, 0) is 6.61 Å². The number of nitrogens with one attached hydrogen (secondary N) is 1. The van der Waals surface area contributed by atoms with Crippen molar-refractivity contribution in [3.05, 3.63) is 84.0 Å². The van der Waals surface area contributed by atoms with Crippen molar-refractivity contribution in [3.8, 4) is 28.7 Å². The predicted molar refractivity (Wildman–Crippen MR) is 118 cm³/mol. The van der Waals surface area contributed by atoms with Crippen molar-refractivity contribution in [2.75, 3.05) is 19.5 Å². The molecule has 0 fully saturated rings. The summed E-state index contributed by atoms with van der Waals surface area (Å²) in [7, 11) is 2.99. The van der Waals surface area contributed by atoms with Crippen LogP contribution in [0.5, 0.6) is 17.2 Å². The predicted octanol–water partition coefficient (Wildman–Crippen LogP) is 4.72. The number of benzene rings is 3. The van der Waals surface area contributed by atoms with E-state index < -0.39 is 0 Å². The van der Waals surface area contributed by atoms with Gasteiger partial charge in [0, 0.05) is 11.3 Å². The Balaban J connectivity index is 1.36. The first-order valence-corrected chi connectivity index (χ1v) is 9.91. The zero-order valence-corrected chi connectivity index (χ0v) is 17.9. The summed E-state index contributed by atoms with van der Waals surface area (Å²) in [6, 6.07) is 17.7. The Morgan fingerprint density at radius 1 is 0.970 bits per heavy atom. The second-order valence-corrected chi connectivity index (χ2v) is 6.82. The minimum atomic E-state index is -0.343. The van der Waals surface area contributed by atoms with Crippen molar-refractivity contribution in [3.63, 3.8) is 0 Å². The summed E-state index contributed by atoms with van der Waals surface area (Å²) in [4.78, 5) is 12.7. The summed E-state index contributed by atoms with van der Waals surface area (Å²) in [5, 5.41) is 10.7. The van der Waals surface area contributed by atoms with Gasteiger partial charge in [-0.25, -0.2) is 4.39 Å². The number of hydrogen-bond donors (Lipinski definition) is 1. The van der Waals surface area contributed by atoms with Crippen molar-refractivity contribution in [1.29, 1.82) is 0 Å². The number of methoxy groups -OCH3 is 2. The summed E-state index contributed by atoms with van der Waals surface area (Å²) < 4.78 is 34.8.